The molecule has 0 amide bonds. The van der Waals surface area contributed by atoms with Gasteiger partial charge in [0.2, 0.25) is 6.20 Å². The van der Waals surface area contributed by atoms with E-state index in [1.165, 1.54) is 10.8 Å². The molecule has 0 aliphatic rings. The van der Waals surface area contributed by atoms with Gasteiger partial charge in [-0.25, -0.2) is 0 Å². The molecule has 1 N–H and O–H groups in total. The van der Waals surface area contributed by atoms with Crippen LogP contribution in [0.3, 0.4) is 0 Å². The van der Waals surface area contributed by atoms with Crippen LogP contribution in [-0.4, -0.2) is 0 Å². The molecule has 0 atom stereocenters. The summed E-state index contributed by atoms with van der Waals surface area (Å²) < 4.78 is 1.97. The van der Waals surface area contributed by atoms with E-state index in [9.17, 15) is 0 Å². The zero-order valence-corrected chi connectivity index (χ0v) is 11.3. The Kier molecular flexibility index (Phi) is 3.95. The number of nitrogens with one attached hydrogen (secondary N) is 1. The first-order chi connectivity index (χ1) is 8.42. The zero-order chi connectivity index (χ0) is 11.5. The van der Waals surface area contributed by atoms with Gasteiger partial charge in [0, 0.05) is 11.5 Å². The fraction of sp³-hybridized carbons (Fsp3) is 0. The summed E-state index contributed by atoms with van der Waals surface area (Å²) in [6, 6.07) is 20.6. The Hall–Kier alpha value is -1.87. The largest absolute Gasteiger partial charge is 1.00 e. The standard InChI is InChI=1S/C15H13N2.BrH/c1-2-8-15(9-3-1)16-17-11-10-13-6-4-5-7-14(13)12-17;/h1-12,16H;1H/q+1;/p-1. The Morgan fingerprint density at radius 1 is 0.722 bits per heavy atom. The summed E-state index contributed by atoms with van der Waals surface area (Å²) in [5.41, 5.74) is 4.39. The Morgan fingerprint density at radius 3 is 2.17 bits per heavy atom. The number of hydrogen-bond acceptors (Lipinski definition) is 1. The number of aromatic nitrogens is 1. The van der Waals surface area contributed by atoms with Crippen LogP contribution in [0.1, 0.15) is 0 Å². The number of anilines is 1. The summed E-state index contributed by atoms with van der Waals surface area (Å²) in [6.07, 6.45) is 4.11. The second-order valence-electron chi connectivity index (χ2n) is 3.96. The van der Waals surface area contributed by atoms with Gasteiger partial charge in [0.1, 0.15) is 0 Å². The molecule has 0 unspecified atom stereocenters. The van der Waals surface area contributed by atoms with Crippen molar-refractivity contribution in [2.75, 3.05) is 5.43 Å². The van der Waals surface area contributed by atoms with Gasteiger partial charge in [0.25, 0.3) is 0 Å². The van der Waals surface area contributed by atoms with E-state index in [4.69, 9.17) is 0 Å². The number of rotatable bonds is 2. The van der Waals surface area contributed by atoms with E-state index in [0.717, 1.165) is 5.69 Å². The van der Waals surface area contributed by atoms with Crippen LogP contribution < -0.4 is 27.1 Å². The Balaban J connectivity index is 0.00000120. The highest BCUT2D eigenvalue weighted by Crippen LogP contribution is 2.10. The summed E-state index contributed by atoms with van der Waals surface area (Å²) in [5.74, 6) is 0. The van der Waals surface area contributed by atoms with Gasteiger partial charge >= 0.3 is 0 Å². The molecular formula is C15H13BrN2. The van der Waals surface area contributed by atoms with Crippen molar-refractivity contribution >= 4 is 16.5 Å². The van der Waals surface area contributed by atoms with Crippen molar-refractivity contribution < 1.29 is 21.7 Å². The van der Waals surface area contributed by atoms with Crippen molar-refractivity contribution in [3.8, 4) is 0 Å². The van der Waals surface area contributed by atoms with Gasteiger partial charge in [-0.15, -0.1) is 0 Å². The van der Waals surface area contributed by atoms with E-state index in [1.54, 1.807) is 0 Å². The second kappa shape index (κ2) is 5.65. The molecule has 2 nitrogen and oxygen atoms in total. The molecule has 0 aliphatic carbocycles. The number of fused-ring (bicyclic) bond motifs is 1. The fourth-order valence-corrected chi connectivity index (χ4v) is 1.87. The summed E-state index contributed by atoms with van der Waals surface area (Å²) in [6.45, 7) is 0. The van der Waals surface area contributed by atoms with Crippen LogP contribution in [0.5, 0.6) is 0 Å². The molecular weight excluding hydrogens is 288 g/mol. The molecule has 0 saturated heterocycles. The van der Waals surface area contributed by atoms with Crippen molar-refractivity contribution in [2.24, 2.45) is 0 Å². The SMILES string of the molecule is [Br-].c1ccc(N[n+]2ccc3ccccc3c2)cc1. The van der Waals surface area contributed by atoms with Crippen LogP contribution in [-0.2, 0) is 0 Å². The zero-order valence-electron chi connectivity index (χ0n) is 9.75. The van der Waals surface area contributed by atoms with Crippen LogP contribution >= 0.6 is 0 Å². The molecule has 0 fully saturated rings. The summed E-state index contributed by atoms with van der Waals surface area (Å²) >= 11 is 0. The van der Waals surface area contributed by atoms with Crippen molar-refractivity contribution in [3.05, 3.63) is 73.1 Å². The number of halogens is 1. The van der Waals surface area contributed by atoms with E-state index in [-0.39, 0.29) is 17.0 Å². The maximum Gasteiger partial charge on any atom is 0.207 e. The average Bonchev–Trinajstić information content (AvgIpc) is 2.40. The summed E-state index contributed by atoms with van der Waals surface area (Å²) in [7, 11) is 0. The van der Waals surface area contributed by atoms with E-state index in [0.29, 0.717) is 0 Å². The Labute approximate surface area is 117 Å². The van der Waals surface area contributed by atoms with E-state index in [1.807, 2.05) is 41.2 Å². The Morgan fingerprint density at radius 2 is 1.39 bits per heavy atom. The van der Waals surface area contributed by atoms with Crippen molar-refractivity contribution in [3.63, 3.8) is 0 Å². The lowest BCUT2D eigenvalue weighted by molar-refractivity contribution is -0.641. The van der Waals surface area contributed by atoms with Gasteiger partial charge in [-0.3, -0.25) is 0 Å². The molecule has 3 rings (SSSR count). The first-order valence-electron chi connectivity index (χ1n) is 5.64. The number of nitrogens with zero attached hydrogens (tertiary/aromatic N) is 1. The van der Waals surface area contributed by atoms with Gasteiger partial charge in [-0.05, 0) is 23.6 Å². The van der Waals surface area contributed by atoms with Crippen molar-refractivity contribution in [2.45, 2.75) is 0 Å². The molecule has 0 spiro atoms. The number of benzene rings is 2. The lowest BCUT2D eigenvalue weighted by atomic mass is 10.2. The predicted octanol–water partition coefficient (Wildman–Crippen LogP) is 0.00650. The van der Waals surface area contributed by atoms with Crippen LogP contribution in [0.25, 0.3) is 10.8 Å². The molecule has 90 valence electrons. The molecule has 2 aromatic carbocycles. The summed E-state index contributed by atoms with van der Waals surface area (Å²) in [5, 5.41) is 2.47. The van der Waals surface area contributed by atoms with E-state index < -0.39 is 0 Å². The molecule has 3 heteroatoms. The van der Waals surface area contributed by atoms with E-state index >= 15 is 0 Å². The monoisotopic (exact) mass is 300 g/mol. The van der Waals surface area contributed by atoms with Gasteiger partial charge in [-0.2, -0.15) is 5.43 Å². The molecule has 18 heavy (non-hydrogen) atoms. The smallest absolute Gasteiger partial charge is 0.207 e. The lowest BCUT2D eigenvalue weighted by Crippen LogP contribution is -3.00. The maximum atomic E-state index is 3.31. The molecule has 1 aromatic heterocycles. The van der Waals surface area contributed by atoms with Gasteiger partial charge in [-0.1, -0.05) is 41.1 Å². The normalized spacial score (nSPS) is 9.78. The number of pyridine rings is 1. The van der Waals surface area contributed by atoms with Gasteiger partial charge in [0.15, 0.2) is 6.20 Å². The number of hydrogen-bond donors (Lipinski definition) is 1. The van der Waals surface area contributed by atoms with Gasteiger partial charge < -0.3 is 17.0 Å². The lowest BCUT2D eigenvalue weighted by Gasteiger charge is -2.01. The minimum absolute atomic E-state index is 0. The van der Waals surface area contributed by atoms with Crippen LogP contribution in [0.4, 0.5) is 5.69 Å². The Bertz CT molecular complexity index is 638. The molecule has 0 saturated carbocycles. The minimum Gasteiger partial charge on any atom is -1.00 e. The average molecular weight is 301 g/mol. The van der Waals surface area contributed by atoms with Crippen LogP contribution in [0.2, 0.25) is 0 Å². The van der Waals surface area contributed by atoms with Crippen LogP contribution in [0.15, 0.2) is 73.1 Å². The second-order valence-corrected chi connectivity index (χ2v) is 3.96. The molecule has 0 radical (unpaired) electrons. The molecule has 0 bridgehead atoms. The highest BCUT2D eigenvalue weighted by Gasteiger charge is 2.02. The van der Waals surface area contributed by atoms with E-state index in [2.05, 4.69) is 42.0 Å². The van der Waals surface area contributed by atoms with Crippen molar-refractivity contribution in [1.82, 2.24) is 0 Å². The minimum atomic E-state index is 0. The van der Waals surface area contributed by atoms with Crippen molar-refractivity contribution in [1.29, 1.82) is 0 Å². The molecule has 1 heterocycles. The third kappa shape index (κ3) is 2.68. The van der Waals surface area contributed by atoms with Crippen LogP contribution in [0, 0.1) is 0 Å². The topological polar surface area (TPSA) is 15.9 Å². The third-order valence-electron chi connectivity index (χ3n) is 2.72. The predicted molar refractivity (Wildman–Crippen MR) is 69.6 cm³/mol. The highest BCUT2D eigenvalue weighted by atomic mass is 79.9. The highest BCUT2D eigenvalue weighted by molar-refractivity contribution is 5.80. The first-order valence-corrected chi connectivity index (χ1v) is 5.64. The fourth-order valence-electron chi connectivity index (χ4n) is 1.87. The molecule has 3 aromatic rings. The maximum absolute atomic E-state index is 3.31. The molecule has 0 aliphatic heterocycles. The first kappa shape index (κ1) is 12.6. The van der Waals surface area contributed by atoms with Gasteiger partial charge in [0.05, 0.1) is 5.69 Å². The quantitative estimate of drug-likeness (QED) is 0.659. The number of para-hydroxylation sites is 1. The summed E-state index contributed by atoms with van der Waals surface area (Å²) in [4.78, 5) is 0. The third-order valence-corrected chi connectivity index (χ3v) is 2.72.